The minimum absolute atomic E-state index is 0.110. The molecule has 1 aliphatic rings. The highest BCUT2D eigenvalue weighted by atomic mass is 32.2. The van der Waals surface area contributed by atoms with E-state index in [0.29, 0.717) is 37.4 Å². The van der Waals surface area contributed by atoms with Gasteiger partial charge in [0.15, 0.2) is 0 Å². The van der Waals surface area contributed by atoms with Crippen LogP contribution in [0, 0.1) is 6.92 Å². The van der Waals surface area contributed by atoms with Gasteiger partial charge in [0.1, 0.15) is 0 Å². The number of amides is 1. The number of carbonyl (C=O) groups excluding carboxylic acids is 1. The van der Waals surface area contributed by atoms with Crippen molar-refractivity contribution in [3.05, 3.63) is 65.2 Å². The molecule has 0 radical (unpaired) electrons. The molecule has 1 N–H and O–H groups in total. The fourth-order valence-corrected chi connectivity index (χ4v) is 5.63. The Hall–Kier alpha value is -2.26. The quantitative estimate of drug-likeness (QED) is 0.624. The number of aryl methyl sites for hydroxylation is 1. The molecular formula is C24H33N3O4S. The van der Waals surface area contributed by atoms with Gasteiger partial charge >= 0.3 is 0 Å². The van der Waals surface area contributed by atoms with E-state index in [1.54, 1.807) is 32.9 Å². The van der Waals surface area contributed by atoms with E-state index in [1.165, 1.54) is 15.9 Å². The summed E-state index contributed by atoms with van der Waals surface area (Å²) in [5, 5.41) is 2.91. The maximum atomic E-state index is 13.0. The van der Waals surface area contributed by atoms with Crippen molar-refractivity contribution in [3.8, 4) is 0 Å². The van der Waals surface area contributed by atoms with Crippen LogP contribution in [0.15, 0.2) is 53.4 Å². The third kappa shape index (κ3) is 5.95. The fourth-order valence-electron chi connectivity index (χ4n) is 3.92. The summed E-state index contributed by atoms with van der Waals surface area (Å²) >= 11 is 0. The van der Waals surface area contributed by atoms with Crippen LogP contribution in [-0.2, 0) is 21.3 Å². The molecule has 1 aliphatic heterocycles. The lowest BCUT2D eigenvalue weighted by Crippen LogP contribution is -2.47. The van der Waals surface area contributed by atoms with Gasteiger partial charge in [-0.05, 0) is 30.2 Å². The molecule has 1 heterocycles. The second kappa shape index (κ2) is 11.0. The van der Waals surface area contributed by atoms with E-state index in [9.17, 15) is 13.2 Å². The molecule has 1 atom stereocenters. The summed E-state index contributed by atoms with van der Waals surface area (Å²) in [5.74, 6) is -0.301. The lowest BCUT2D eigenvalue weighted by molar-refractivity contribution is -0.0292. The molecule has 8 heteroatoms. The van der Waals surface area contributed by atoms with Crippen LogP contribution in [0.2, 0.25) is 0 Å². The van der Waals surface area contributed by atoms with Gasteiger partial charge in [-0.3, -0.25) is 9.69 Å². The zero-order valence-electron chi connectivity index (χ0n) is 19.1. The molecule has 1 fully saturated rings. The van der Waals surface area contributed by atoms with Gasteiger partial charge in [0.25, 0.3) is 5.91 Å². The number of ether oxygens (including phenoxy) is 1. The van der Waals surface area contributed by atoms with Gasteiger partial charge in [0.2, 0.25) is 10.0 Å². The SMILES string of the molecule is CCN(CC)S(=O)(=O)c1cc(C(=O)NC[C@H]2CN(Cc3ccccc3)CCO2)ccc1C. The van der Waals surface area contributed by atoms with Crippen molar-refractivity contribution >= 4 is 15.9 Å². The first kappa shape index (κ1) is 24.4. The molecule has 7 nitrogen and oxygen atoms in total. The largest absolute Gasteiger partial charge is 0.374 e. The Morgan fingerprint density at radius 3 is 2.56 bits per heavy atom. The van der Waals surface area contributed by atoms with Crippen molar-refractivity contribution in [2.45, 2.75) is 38.3 Å². The Morgan fingerprint density at radius 1 is 1.16 bits per heavy atom. The first-order valence-corrected chi connectivity index (χ1v) is 12.6. The van der Waals surface area contributed by atoms with E-state index in [-0.39, 0.29) is 16.9 Å². The molecule has 3 rings (SSSR count). The topological polar surface area (TPSA) is 79.0 Å². The predicted molar refractivity (Wildman–Crippen MR) is 125 cm³/mol. The van der Waals surface area contributed by atoms with Crippen molar-refractivity contribution < 1.29 is 17.9 Å². The average Bonchev–Trinajstić information content (AvgIpc) is 2.79. The van der Waals surface area contributed by atoms with Gasteiger partial charge in [-0.15, -0.1) is 0 Å². The van der Waals surface area contributed by atoms with E-state index in [4.69, 9.17) is 4.74 Å². The summed E-state index contributed by atoms with van der Waals surface area (Å²) in [6, 6.07) is 15.1. The van der Waals surface area contributed by atoms with Crippen molar-refractivity contribution in [3.63, 3.8) is 0 Å². The maximum absolute atomic E-state index is 13.0. The monoisotopic (exact) mass is 459 g/mol. The third-order valence-corrected chi connectivity index (χ3v) is 7.93. The Labute approximate surface area is 191 Å². The first-order chi connectivity index (χ1) is 15.3. The van der Waals surface area contributed by atoms with Crippen molar-refractivity contribution in [1.29, 1.82) is 0 Å². The number of morpholine rings is 1. The zero-order valence-corrected chi connectivity index (χ0v) is 19.9. The van der Waals surface area contributed by atoms with Crippen LogP contribution in [0.25, 0.3) is 0 Å². The summed E-state index contributed by atoms with van der Waals surface area (Å²) < 4.78 is 33.1. The van der Waals surface area contributed by atoms with Crippen LogP contribution in [0.3, 0.4) is 0 Å². The highest BCUT2D eigenvalue weighted by Crippen LogP contribution is 2.21. The molecular weight excluding hydrogens is 426 g/mol. The lowest BCUT2D eigenvalue weighted by Gasteiger charge is -2.33. The van der Waals surface area contributed by atoms with Crippen molar-refractivity contribution in [2.24, 2.45) is 0 Å². The molecule has 32 heavy (non-hydrogen) atoms. The van der Waals surface area contributed by atoms with Crippen LogP contribution in [0.4, 0.5) is 0 Å². The zero-order chi connectivity index (χ0) is 23.1. The number of benzene rings is 2. The van der Waals surface area contributed by atoms with E-state index in [1.807, 2.05) is 18.2 Å². The smallest absolute Gasteiger partial charge is 0.251 e. The highest BCUT2D eigenvalue weighted by Gasteiger charge is 2.25. The van der Waals surface area contributed by atoms with Crippen LogP contribution in [0.1, 0.15) is 35.3 Å². The molecule has 0 aliphatic carbocycles. The summed E-state index contributed by atoms with van der Waals surface area (Å²) in [4.78, 5) is 15.3. The Morgan fingerprint density at radius 2 is 1.88 bits per heavy atom. The minimum Gasteiger partial charge on any atom is -0.374 e. The van der Waals surface area contributed by atoms with Crippen LogP contribution >= 0.6 is 0 Å². The summed E-state index contributed by atoms with van der Waals surface area (Å²) in [6.07, 6.45) is -0.110. The number of hydrogen-bond donors (Lipinski definition) is 1. The number of hydrogen-bond acceptors (Lipinski definition) is 5. The third-order valence-electron chi connectivity index (χ3n) is 5.74. The summed E-state index contributed by atoms with van der Waals surface area (Å²) in [6.45, 7) is 9.53. The molecule has 1 saturated heterocycles. The minimum atomic E-state index is -3.64. The number of sulfonamides is 1. The van der Waals surface area contributed by atoms with Gasteiger partial charge < -0.3 is 10.1 Å². The highest BCUT2D eigenvalue weighted by molar-refractivity contribution is 7.89. The maximum Gasteiger partial charge on any atom is 0.251 e. The van der Waals surface area contributed by atoms with Gasteiger partial charge in [0, 0.05) is 44.8 Å². The second-order valence-electron chi connectivity index (χ2n) is 7.99. The van der Waals surface area contributed by atoms with Crippen LogP contribution in [0.5, 0.6) is 0 Å². The second-order valence-corrected chi connectivity index (χ2v) is 9.90. The van der Waals surface area contributed by atoms with Crippen LogP contribution in [-0.4, -0.2) is 69.0 Å². The molecule has 0 spiro atoms. The normalized spacial score (nSPS) is 17.4. The number of nitrogens with one attached hydrogen (secondary N) is 1. The van der Waals surface area contributed by atoms with Gasteiger partial charge in [0.05, 0.1) is 17.6 Å². The van der Waals surface area contributed by atoms with Gasteiger partial charge in [-0.25, -0.2) is 8.42 Å². The Balaban J connectivity index is 1.62. The first-order valence-electron chi connectivity index (χ1n) is 11.1. The molecule has 2 aromatic carbocycles. The van der Waals surface area contributed by atoms with E-state index < -0.39 is 10.0 Å². The molecule has 0 saturated carbocycles. The molecule has 0 unspecified atom stereocenters. The Kier molecular flexibility index (Phi) is 8.42. The van der Waals surface area contributed by atoms with E-state index in [2.05, 4.69) is 22.3 Å². The number of rotatable bonds is 9. The molecule has 174 valence electrons. The van der Waals surface area contributed by atoms with Gasteiger partial charge in [-0.2, -0.15) is 4.31 Å². The number of carbonyl (C=O) groups is 1. The summed E-state index contributed by atoms with van der Waals surface area (Å²) in [5.41, 5.74) is 2.21. The van der Waals surface area contributed by atoms with Crippen molar-refractivity contribution in [1.82, 2.24) is 14.5 Å². The molecule has 0 bridgehead atoms. The molecule has 0 aromatic heterocycles. The van der Waals surface area contributed by atoms with E-state index >= 15 is 0 Å². The van der Waals surface area contributed by atoms with E-state index in [0.717, 1.165) is 19.6 Å². The Bertz CT molecular complexity index is 1010. The number of nitrogens with zero attached hydrogens (tertiary/aromatic N) is 2. The summed E-state index contributed by atoms with van der Waals surface area (Å²) in [7, 11) is -3.64. The predicted octanol–water partition coefficient (Wildman–Crippen LogP) is 2.66. The van der Waals surface area contributed by atoms with Gasteiger partial charge in [-0.1, -0.05) is 50.2 Å². The standard InChI is InChI=1S/C24H33N3O4S/c1-4-27(5-2)32(29,30)23-15-21(12-11-19(23)3)24(28)25-16-22-18-26(13-14-31-22)17-20-9-7-6-8-10-20/h6-12,15,22H,4-5,13-14,16-18H2,1-3H3,(H,25,28)/t22-/m0/s1. The molecule has 1 amide bonds. The van der Waals surface area contributed by atoms with Crippen molar-refractivity contribution in [2.75, 3.05) is 39.3 Å². The fraction of sp³-hybridized carbons (Fsp3) is 0.458. The van der Waals surface area contributed by atoms with Crippen LogP contribution < -0.4 is 5.32 Å². The average molecular weight is 460 g/mol. The molecule has 2 aromatic rings. The lowest BCUT2D eigenvalue weighted by atomic mass is 10.1.